The molecule has 0 radical (unpaired) electrons. The third-order valence-corrected chi connectivity index (χ3v) is 2.39. The van der Waals surface area contributed by atoms with Crippen LogP contribution in [-0.4, -0.2) is 27.4 Å². The molecule has 6 nitrogen and oxygen atoms in total. The molecule has 12 heavy (non-hydrogen) atoms. The van der Waals surface area contributed by atoms with Crippen molar-refractivity contribution in [1.29, 1.82) is 0 Å². The van der Waals surface area contributed by atoms with Crippen LogP contribution in [0, 0.1) is 0 Å². The number of H-pyrrole nitrogens is 1. The van der Waals surface area contributed by atoms with Crippen molar-refractivity contribution in [2.24, 2.45) is 0 Å². The minimum absolute atomic E-state index is 0.251. The smallest absolute Gasteiger partial charge is 0.286 e. The Morgan fingerprint density at radius 1 is 1.58 bits per heavy atom. The van der Waals surface area contributed by atoms with E-state index in [0.29, 0.717) is 15.5 Å². The number of hydrogen-bond donors (Lipinski definition) is 2. The molecule has 0 aliphatic heterocycles. The molecule has 0 aliphatic carbocycles. The van der Waals surface area contributed by atoms with Crippen molar-refractivity contribution < 1.29 is 0 Å². The molecule has 0 amide bonds. The molecule has 0 saturated heterocycles. The monoisotopic (exact) mass is 183 g/mol. The first-order valence-electron chi connectivity index (χ1n) is 3.21. The van der Waals surface area contributed by atoms with Gasteiger partial charge in [0.05, 0.1) is 0 Å². The number of aromatic amines is 1. The first-order valence-corrected chi connectivity index (χ1v) is 4.02. The Bertz CT molecular complexity index is 460. The summed E-state index contributed by atoms with van der Waals surface area (Å²) in [5.74, 6) is 0. The summed E-state index contributed by atoms with van der Waals surface area (Å²) in [5.41, 5.74) is 0.132. The Morgan fingerprint density at radius 3 is 3.08 bits per heavy atom. The van der Waals surface area contributed by atoms with E-state index in [4.69, 9.17) is 0 Å². The van der Waals surface area contributed by atoms with Crippen molar-refractivity contribution in [3.63, 3.8) is 0 Å². The van der Waals surface area contributed by atoms with Crippen molar-refractivity contribution in [3.05, 3.63) is 10.4 Å². The standard InChI is InChI=1S/C5H5N5OS/c1-6-5-7-3-2(12-5)4(11)9-10-8-3/h1H3,(H2,6,7,8,9,11). The van der Waals surface area contributed by atoms with Gasteiger partial charge in [-0.05, 0) is 0 Å². The zero-order chi connectivity index (χ0) is 8.55. The van der Waals surface area contributed by atoms with Gasteiger partial charge in [-0.1, -0.05) is 16.6 Å². The van der Waals surface area contributed by atoms with E-state index in [1.807, 2.05) is 0 Å². The van der Waals surface area contributed by atoms with Crippen molar-refractivity contribution in [2.45, 2.75) is 0 Å². The highest BCUT2D eigenvalue weighted by Gasteiger charge is 2.06. The molecule has 0 spiro atoms. The van der Waals surface area contributed by atoms with Gasteiger partial charge in [0.25, 0.3) is 5.56 Å². The molecule has 62 valence electrons. The number of thiazole rings is 1. The second-order valence-corrected chi connectivity index (χ2v) is 3.06. The Balaban J connectivity index is 2.83. The molecule has 2 aromatic rings. The molecule has 0 unspecified atom stereocenters. The summed E-state index contributed by atoms with van der Waals surface area (Å²) in [6.45, 7) is 0. The predicted octanol–water partition coefficient (Wildman–Crippen LogP) is -0.184. The Hall–Kier alpha value is -1.50. The van der Waals surface area contributed by atoms with E-state index in [1.54, 1.807) is 7.05 Å². The average Bonchev–Trinajstić information content (AvgIpc) is 2.49. The third kappa shape index (κ3) is 0.944. The van der Waals surface area contributed by atoms with Crippen LogP contribution in [0.1, 0.15) is 0 Å². The molecule has 0 aliphatic rings. The van der Waals surface area contributed by atoms with Crippen LogP contribution >= 0.6 is 11.3 Å². The second kappa shape index (κ2) is 2.52. The molecule has 0 bridgehead atoms. The maximum Gasteiger partial charge on any atom is 0.286 e. The summed E-state index contributed by atoms with van der Waals surface area (Å²) in [7, 11) is 1.74. The lowest BCUT2D eigenvalue weighted by molar-refractivity contribution is 0.868. The summed E-state index contributed by atoms with van der Waals surface area (Å²) in [4.78, 5) is 15.1. The van der Waals surface area contributed by atoms with Gasteiger partial charge < -0.3 is 5.32 Å². The maximum atomic E-state index is 11.1. The van der Waals surface area contributed by atoms with Crippen molar-refractivity contribution >= 4 is 26.8 Å². The molecule has 0 saturated carbocycles. The highest BCUT2D eigenvalue weighted by molar-refractivity contribution is 7.22. The number of anilines is 1. The van der Waals surface area contributed by atoms with E-state index in [0.717, 1.165) is 0 Å². The van der Waals surface area contributed by atoms with Crippen molar-refractivity contribution in [3.8, 4) is 0 Å². The first kappa shape index (κ1) is 7.17. The van der Waals surface area contributed by atoms with Crippen LogP contribution in [0.3, 0.4) is 0 Å². The predicted molar refractivity (Wildman–Crippen MR) is 45.4 cm³/mol. The second-order valence-electron chi connectivity index (χ2n) is 2.06. The molecule has 0 fully saturated rings. The number of fused-ring (bicyclic) bond motifs is 1. The fourth-order valence-corrected chi connectivity index (χ4v) is 1.55. The topological polar surface area (TPSA) is 83.6 Å². The summed E-state index contributed by atoms with van der Waals surface area (Å²) in [6.07, 6.45) is 0. The van der Waals surface area contributed by atoms with E-state index in [1.165, 1.54) is 11.3 Å². The summed E-state index contributed by atoms with van der Waals surface area (Å²) < 4.78 is 0.495. The largest absolute Gasteiger partial charge is 0.365 e. The van der Waals surface area contributed by atoms with Crippen molar-refractivity contribution in [2.75, 3.05) is 12.4 Å². The summed E-state index contributed by atoms with van der Waals surface area (Å²) in [5, 5.41) is 12.8. The maximum absolute atomic E-state index is 11.1. The Kier molecular flexibility index (Phi) is 1.51. The van der Waals surface area contributed by atoms with E-state index in [9.17, 15) is 4.79 Å². The Labute approximate surface area is 70.6 Å². The number of rotatable bonds is 1. The van der Waals surface area contributed by atoms with Gasteiger partial charge in [0.2, 0.25) is 5.65 Å². The molecule has 7 heteroatoms. The minimum atomic E-state index is -0.251. The minimum Gasteiger partial charge on any atom is -0.365 e. The number of hydrogen-bond acceptors (Lipinski definition) is 6. The Morgan fingerprint density at radius 2 is 2.42 bits per heavy atom. The average molecular weight is 183 g/mol. The van der Waals surface area contributed by atoms with Crippen LogP contribution in [-0.2, 0) is 0 Å². The summed E-state index contributed by atoms with van der Waals surface area (Å²) >= 11 is 1.26. The molecule has 0 aromatic carbocycles. The molecule has 2 aromatic heterocycles. The molecular formula is C5H5N5OS. The van der Waals surface area contributed by atoms with Gasteiger partial charge in [0, 0.05) is 7.05 Å². The van der Waals surface area contributed by atoms with E-state index >= 15 is 0 Å². The van der Waals surface area contributed by atoms with Crippen LogP contribution < -0.4 is 10.9 Å². The van der Waals surface area contributed by atoms with E-state index in [-0.39, 0.29) is 5.56 Å². The third-order valence-electron chi connectivity index (χ3n) is 1.33. The molecule has 2 rings (SSSR count). The van der Waals surface area contributed by atoms with E-state index in [2.05, 4.69) is 25.7 Å². The van der Waals surface area contributed by atoms with Crippen LogP contribution in [0.15, 0.2) is 4.79 Å². The normalized spacial score (nSPS) is 10.4. The van der Waals surface area contributed by atoms with Gasteiger partial charge in [-0.3, -0.25) is 4.79 Å². The quantitative estimate of drug-likeness (QED) is 0.640. The number of nitrogens with one attached hydrogen (secondary N) is 2. The fraction of sp³-hybridized carbons (Fsp3) is 0.200. The van der Waals surface area contributed by atoms with Gasteiger partial charge in [0.1, 0.15) is 4.70 Å². The lowest BCUT2D eigenvalue weighted by Crippen LogP contribution is -2.07. The fourth-order valence-electron chi connectivity index (χ4n) is 0.803. The first-order chi connectivity index (χ1) is 5.81. The number of nitrogens with zero attached hydrogens (tertiary/aromatic N) is 3. The molecule has 0 atom stereocenters. The van der Waals surface area contributed by atoms with Gasteiger partial charge in [0.15, 0.2) is 5.13 Å². The lowest BCUT2D eigenvalue weighted by atomic mass is 10.6. The van der Waals surface area contributed by atoms with E-state index < -0.39 is 0 Å². The SMILES string of the molecule is CNc1nc2nn[nH]c(=O)c2s1. The highest BCUT2D eigenvalue weighted by atomic mass is 32.1. The van der Waals surface area contributed by atoms with Gasteiger partial charge >= 0.3 is 0 Å². The van der Waals surface area contributed by atoms with Crippen LogP contribution in [0.5, 0.6) is 0 Å². The van der Waals surface area contributed by atoms with Gasteiger partial charge in [-0.25, -0.2) is 5.10 Å². The lowest BCUT2D eigenvalue weighted by Gasteiger charge is -1.84. The zero-order valence-electron chi connectivity index (χ0n) is 6.16. The van der Waals surface area contributed by atoms with Crippen LogP contribution in [0.25, 0.3) is 10.3 Å². The number of aromatic nitrogens is 4. The van der Waals surface area contributed by atoms with Gasteiger partial charge in [-0.2, -0.15) is 4.98 Å². The van der Waals surface area contributed by atoms with Crippen LogP contribution in [0.2, 0.25) is 0 Å². The van der Waals surface area contributed by atoms with Gasteiger partial charge in [-0.15, -0.1) is 5.10 Å². The summed E-state index contributed by atoms with van der Waals surface area (Å²) in [6, 6.07) is 0. The molecule has 2 heterocycles. The van der Waals surface area contributed by atoms with Crippen molar-refractivity contribution in [1.82, 2.24) is 20.4 Å². The molecular weight excluding hydrogens is 178 g/mol. The van der Waals surface area contributed by atoms with Crippen LogP contribution in [0.4, 0.5) is 5.13 Å². The molecule has 2 N–H and O–H groups in total. The highest BCUT2D eigenvalue weighted by Crippen LogP contribution is 2.19. The zero-order valence-corrected chi connectivity index (χ0v) is 6.97.